The number of sulfonamides is 1. The molecule has 0 radical (unpaired) electrons. The molecule has 0 saturated heterocycles. The van der Waals surface area contributed by atoms with Crippen molar-refractivity contribution in [2.24, 2.45) is 11.7 Å². The number of halogens is 1. The van der Waals surface area contributed by atoms with E-state index < -0.39 is 10.0 Å². The molecule has 1 saturated carbocycles. The molecule has 0 spiro atoms. The number of nitrogens with one attached hydrogen (secondary N) is 1. The van der Waals surface area contributed by atoms with E-state index in [-0.39, 0.29) is 30.3 Å². The summed E-state index contributed by atoms with van der Waals surface area (Å²) in [5.41, 5.74) is 5.93. The van der Waals surface area contributed by atoms with Gasteiger partial charge in [-0.2, -0.15) is 4.31 Å². The van der Waals surface area contributed by atoms with E-state index in [0.717, 1.165) is 30.6 Å². The summed E-state index contributed by atoms with van der Waals surface area (Å²) in [6.07, 6.45) is 4.32. The third kappa shape index (κ3) is 5.92. The number of hydrogen-bond donors (Lipinski definition) is 2. The minimum Gasteiger partial charge on any atom is -0.356 e. The summed E-state index contributed by atoms with van der Waals surface area (Å²) in [5.74, 6) is 0.0911. The van der Waals surface area contributed by atoms with Crippen molar-refractivity contribution < 1.29 is 13.2 Å². The van der Waals surface area contributed by atoms with Crippen molar-refractivity contribution in [2.75, 3.05) is 19.6 Å². The van der Waals surface area contributed by atoms with Gasteiger partial charge in [0.05, 0.1) is 0 Å². The molecule has 0 aromatic carbocycles. The Morgan fingerprint density at radius 1 is 1.31 bits per heavy atom. The second kappa shape index (κ2) is 10.6. The highest BCUT2D eigenvalue weighted by Gasteiger charge is 2.25. The van der Waals surface area contributed by atoms with Crippen LogP contribution in [0.15, 0.2) is 16.3 Å². The molecule has 9 heteroatoms. The maximum absolute atomic E-state index is 12.5. The van der Waals surface area contributed by atoms with Gasteiger partial charge in [0.1, 0.15) is 4.21 Å². The first-order valence-corrected chi connectivity index (χ1v) is 11.3. The zero-order chi connectivity index (χ0) is 18.4. The molecule has 0 bridgehead atoms. The van der Waals surface area contributed by atoms with Gasteiger partial charge in [0.25, 0.3) is 10.0 Å². The zero-order valence-electron chi connectivity index (χ0n) is 15.4. The van der Waals surface area contributed by atoms with Gasteiger partial charge in [0, 0.05) is 36.5 Å². The van der Waals surface area contributed by atoms with Gasteiger partial charge in [0.15, 0.2) is 0 Å². The molecule has 1 aliphatic carbocycles. The minimum atomic E-state index is -3.39. The van der Waals surface area contributed by atoms with Crippen LogP contribution >= 0.6 is 23.7 Å². The normalized spacial score (nSPS) is 20.6. The number of carbonyl (C=O) groups is 1. The lowest BCUT2D eigenvalue weighted by molar-refractivity contribution is -0.126. The van der Waals surface area contributed by atoms with Crippen LogP contribution in [0, 0.1) is 5.92 Å². The van der Waals surface area contributed by atoms with Crippen molar-refractivity contribution in [1.82, 2.24) is 9.62 Å². The number of carbonyl (C=O) groups excluding carboxylic acids is 1. The molecule has 150 valence electrons. The molecule has 1 aromatic heterocycles. The van der Waals surface area contributed by atoms with Crippen molar-refractivity contribution in [1.29, 1.82) is 0 Å². The van der Waals surface area contributed by atoms with E-state index in [2.05, 4.69) is 5.32 Å². The Morgan fingerprint density at radius 2 is 2.00 bits per heavy atom. The third-order valence-corrected chi connectivity index (χ3v) is 8.36. The van der Waals surface area contributed by atoms with Crippen LogP contribution in [0.1, 0.15) is 44.4 Å². The van der Waals surface area contributed by atoms with Crippen molar-refractivity contribution >= 4 is 39.7 Å². The average Bonchev–Trinajstić information content (AvgIpc) is 3.05. The molecule has 6 nitrogen and oxygen atoms in total. The van der Waals surface area contributed by atoms with E-state index in [1.54, 1.807) is 6.07 Å². The maximum Gasteiger partial charge on any atom is 0.252 e. The molecule has 1 aliphatic rings. The van der Waals surface area contributed by atoms with Crippen LogP contribution in [0.3, 0.4) is 0 Å². The first kappa shape index (κ1) is 23.4. The number of nitrogens with zero attached hydrogens (tertiary/aromatic N) is 1. The van der Waals surface area contributed by atoms with Crippen LogP contribution in [0.5, 0.6) is 0 Å². The Hall–Kier alpha value is -0.670. The summed E-state index contributed by atoms with van der Waals surface area (Å²) in [5, 5.41) is 2.97. The number of hydrogen-bond acceptors (Lipinski definition) is 5. The van der Waals surface area contributed by atoms with Crippen molar-refractivity contribution in [3.8, 4) is 0 Å². The molecule has 1 aromatic rings. The lowest BCUT2D eigenvalue weighted by Gasteiger charge is -2.25. The second-order valence-corrected chi connectivity index (χ2v) is 9.81. The molecule has 1 fully saturated rings. The van der Waals surface area contributed by atoms with Crippen LogP contribution in [-0.2, 0) is 21.2 Å². The predicted octanol–water partition coefficient (Wildman–Crippen LogP) is 2.38. The monoisotopic (exact) mass is 423 g/mol. The molecule has 1 heterocycles. The summed E-state index contributed by atoms with van der Waals surface area (Å²) in [7, 11) is -3.39. The van der Waals surface area contributed by atoms with Crippen LogP contribution in [-0.4, -0.2) is 44.3 Å². The lowest BCUT2D eigenvalue weighted by atomic mass is 9.85. The summed E-state index contributed by atoms with van der Waals surface area (Å²) < 4.78 is 26.8. The fourth-order valence-corrected chi connectivity index (χ4v) is 6.21. The van der Waals surface area contributed by atoms with E-state index in [4.69, 9.17) is 5.73 Å². The van der Waals surface area contributed by atoms with Gasteiger partial charge in [-0.1, -0.05) is 20.3 Å². The fourth-order valence-electron chi connectivity index (χ4n) is 3.24. The third-order valence-electron chi connectivity index (χ3n) is 4.69. The van der Waals surface area contributed by atoms with Crippen LogP contribution in [0.25, 0.3) is 0 Å². The molecule has 3 N–H and O–H groups in total. The standard InChI is InChI=1S/C17H29N3O3S2.ClH/c1-3-20(4-2)25(22,23)16-9-8-15(24-16)10-11-19-17(21)13-6-5-7-14(18)12-13;/h8-9,13-14H,3-7,10-12,18H2,1-2H3,(H,19,21);1H. The largest absolute Gasteiger partial charge is 0.356 e. The first-order chi connectivity index (χ1) is 11.9. The van der Waals surface area contributed by atoms with E-state index in [1.165, 1.54) is 15.6 Å². The Bertz CT molecular complexity index is 675. The Balaban J connectivity index is 0.00000338. The highest BCUT2D eigenvalue weighted by Crippen LogP contribution is 2.25. The highest BCUT2D eigenvalue weighted by atomic mass is 35.5. The van der Waals surface area contributed by atoms with Gasteiger partial charge < -0.3 is 11.1 Å². The van der Waals surface area contributed by atoms with Gasteiger partial charge in [-0.3, -0.25) is 4.79 Å². The van der Waals surface area contributed by atoms with Gasteiger partial charge in [0.2, 0.25) is 5.91 Å². The number of thiophene rings is 1. The molecule has 2 unspecified atom stereocenters. The molecule has 2 rings (SSSR count). The minimum absolute atomic E-state index is 0. The highest BCUT2D eigenvalue weighted by molar-refractivity contribution is 7.91. The fraction of sp³-hybridized carbons (Fsp3) is 0.706. The van der Waals surface area contributed by atoms with E-state index in [0.29, 0.717) is 30.3 Å². The molecular formula is C17H30ClN3O3S2. The Labute approximate surface area is 167 Å². The lowest BCUT2D eigenvalue weighted by Crippen LogP contribution is -2.38. The number of nitrogens with two attached hydrogens (primary N) is 1. The van der Waals surface area contributed by atoms with Crippen molar-refractivity contribution in [2.45, 2.75) is 56.2 Å². The quantitative estimate of drug-likeness (QED) is 0.671. The number of rotatable bonds is 8. The predicted molar refractivity (Wildman–Crippen MR) is 108 cm³/mol. The van der Waals surface area contributed by atoms with Gasteiger partial charge in [-0.15, -0.1) is 23.7 Å². The van der Waals surface area contributed by atoms with Gasteiger partial charge >= 0.3 is 0 Å². The topological polar surface area (TPSA) is 92.5 Å². The van der Waals surface area contributed by atoms with Crippen LogP contribution < -0.4 is 11.1 Å². The van der Waals surface area contributed by atoms with Crippen LogP contribution in [0.4, 0.5) is 0 Å². The number of amides is 1. The first-order valence-electron chi connectivity index (χ1n) is 9.00. The Morgan fingerprint density at radius 3 is 2.62 bits per heavy atom. The average molecular weight is 424 g/mol. The summed E-state index contributed by atoms with van der Waals surface area (Å²) in [4.78, 5) is 13.2. The second-order valence-electron chi connectivity index (χ2n) is 6.47. The molecule has 0 aliphatic heterocycles. The molecule has 1 amide bonds. The van der Waals surface area contributed by atoms with Crippen molar-refractivity contribution in [3.63, 3.8) is 0 Å². The maximum atomic E-state index is 12.5. The Kier molecular flexibility index (Phi) is 9.54. The summed E-state index contributed by atoms with van der Waals surface area (Å²) in [6, 6.07) is 3.63. The summed E-state index contributed by atoms with van der Waals surface area (Å²) >= 11 is 1.29. The smallest absolute Gasteiger partial charge is 0.252 e. The van der Waals surface area contributed by atoms with Crippen LogP contribution in [0.2, 0.25) is 0 Å². The van der Waals surface area contributed by atoms with E-state index in [9.17, 15) is 13.2 Å². The molecular weight excluding hydrogens is 394 g/mol. The van der Waals surface area contributed by atoms with Gasteiger partial charge in [-0.05, 0) is 37.8 Å². The SMILES string of the molecule is CCN(CC)S(=O)(=O)c1ccc(CCNC(=O)C2CCCC(N)C2)s1.Cl. The summed E-state index contributed by atoms with van der Waals surface area (Å²) in [6.45, 7) is 5.12. The van der Waals surface area contributed by atoms with Gasteiger partial charge in [-0.25, -0.2) is 8.42 Å². The van der Waals surface area contributed by atoms with E-state index >= 15 is 0 Å². The molecule has 26 heavy (non-hydrogen) atoms. The zero-order valence-corrected chi connectivity index (χ0v) is 17.9. The van der Waals surface area contributed by atoms with Crippen molar-refractivity contribution in [3.05, 3.63) is 17.0 Å². The van der Waals surface area contributed by atoms with E-state index in [1.807, 2.05) is 19.9 Å². The molecule has 2 atom stereocenters.